The second-order valence-corrected chi connectivity index (χ2v) is 6.34. The molecular formula is C15H8ClNS2. The summed E-state index contributed by atoms with van der Waals surface area (Å²) in [7, 11) is 0. The van der Waals surface area contributed by atoms with Gasteiger partial charge in [-0.2, -0.15) is 5.26 Å². The number of nitriles is 1. The van der Waals surface area contributed by atoms with Crippen LogP contribution in [0.3, 0.4) is 0 Å². The van der Waals surface area contributed by atoms with Gasteiger partial charge in [0.25, 0.3) is 0 Å². The van der Waals surface area contributed by atoms with Crippen LogP contribution in [-0.4, -0.2) is 0 Å². The van der Waals surface area contributed by atoms with Crippen molar-refractivity contribution in [3.05, 3.63) is 57.6 Å². The van der Waals surface area contributed by atoms with E-state index in [2.05, 4.69) is 18.2 Å². The molecule has 0 bridgehead atoms. The summed E-state index contributed by atoms with van der Waals surface area (Å²) in [5.41, 5.74) is 0.545. The molecule has 0 spiro atoms. The second kappa shape index (κ2) is 5.18. The average Bonchev–Trinajstić information content (AvgIpc) is 3.08. The molecule has 0 radical (unpaired) electrons. The quantitative estimate of drug-likeness (QED) is 0.566. The van der Waals surface area contributed by atoms with E-state index >= 15 is 0 Å². The molecule has 0 saturated carbocycles. The third-order valence-corrected chi connectivity index (χ3v) is 5.27. The van der Waals surface area contributed by atoms with E-state index in [9.17, 15) is 5.26 Å². The molecule has 0 saturated heterocycles. The molecule has 92 valence electrons. The molecule has 0 aliphatic heterocycles. The summed E-state index contributed by atoms with van der Waals surface area (Å²) in [5.74, 6) is 0. The third-order valence-electron chi connectivity index (χ3n) is 2.74. The minimum atomic E-state index is 0.533. The molecule has 1 aromatic carbocycles. The zero-order valence-corrected chi connectivity index (χ0v) is 12.1. The van der Waals surface area contributed by atoms with Crippen LogP contribution in [0, 0.1) is 11.3 Å². The summed E-state index contributed by atoms with van der Waals surface area (Å²) in [4.78, 5) is 1.85. The van der Waals surface area contributed by atoms with Crippen LogP contribution in [0.5, 0.6) is 0 Å². The van der Waals surface area contributed by atoms with Gasteiger partial charge in [0.05, 0.1) is 10.6 Å². The highest BCUT2D eigenvalue weighted by Gasteiger charge is 2.12. The van der Waals surface area contributed by atoms with Crippen molar-refractivity contribution in [3.8, 4) is 6.07 Å². The molecule has 19 heavy (non-hydrogen) atoms. The monoisotopic (exact) mass is 301 g/mol. The largest absolute Gasteiger partial charge is 0.192 e. The van der Waals surface area contributed by atoms with E-state index in [0.29, 0.717) is 10.6 Å². The first kappa shape index (κ1) is 12.4. The maximum absolute atomic E-state index is 9.32. The highest BCUT2D eigenvalue weighted by Crippen LogP contribution is 2.37. The number of fused-ring (bicyclic) bond motifs is 1. The Kier molecular flexibility index (Phi) is 3.39. The molecule has 3 rings (SSSR count). The Morgan fingerprint density at radius 3 is 2.63 bits per heavy atom. The molecule has 2 heterocycles. The lowest BCUT2D eigenvalue weighted by Gasteiger charge is -1.98. The maximum Gasteiger partial charge on any atom is 0.102 e. The van der Waals surface area contributed by atoms with Crippen LogP contribution in [0.1, 0.15) is 9.75 Å². The predicted octanol–water partition coefficient (Wildman–Crippen LogP) is 5.59. The predicted molar refractivity (Wildman–Crippen MR) is 84.4 cm³/mol. The van der Waals surface area contributed by atoms with Crippen molar-refractivity contribution in [2.24, 2.45) is 0 Å². The number of rotatable bonds is 2. The van der Waals surface area contributed by atoms with Gasteiger partial charge >= 0.3 is 0 Å². The number of halogens is 1. The minimum Gasteiger partial charge on any atom is -0.192 e. The number of hydrogen-bond acceptors (Lipinski definition) is 3. The Balaban J connectivity index is 2.17. The first-order chi connectivity index (χ1) is 9.29. The molecule has 2 aromatic heterocycles. The Morgan fingerprint density at radius 1 is 1.11 bits per heavy atom. The highest BCUT2D eigenvalue weighted by atomic mass is 35.5. The smallest absolute Gasteiger partial charge is 0.102 e. The van der Waals surface area contributed by atoms with E-state index in [1.54, 1.807) is 11.3 Å². The van der Waals surface area contributed by atoms with E-state index in [1.165, 1.54) is 16.0 Å². The van der Waals surface area contributed by atoms with E-state index in [1.807, 2.05) is 35.7 Å². The Bertz CT molecular complexity index is 758. The average molecular weight is 302 g/mol. The van der Waals surface area contributed by atoms with Gasteiger partial charge in [-0.05, 0) is 29.0 Å². The van der Waals surface area contributed by atoms with Gasteiger partial charge in [0.1, 0.15) is 6.07 Å². The van der Waals surface area contributed by atoms with E-state index < -0.39 is 0 Å². The van der Waals surface area contributed by atoms with E-state index in [4.69, 9.17) is 11.6 Å². The first-order valence-corrected chi connectivity index (χ1v) is 7.69. The fourth-order valence-corrected chi connectivity index (χ4v) is 3.95. The zero-order valence-electron chi connectivity index (χ0n) is 9.76. The van der Waals surface area contributed by atoms with Crippen LogP contribution < -0.4 is 0 Å². The van der Waals surface area contributed by atoms with E-state index in [0.717, 1.165) is 15.1 Å². The van der Waals surface area contributed by atoms with Crippen LogP contribution in [0.15, 0.2) is 47.8 Å². The van der Waals surface area contributed by atoms with Gasteiger partial charge in [-0.3, -0.25) is 0 Å². The fourth-order valence-electron chi connectivity index (χ4n) is 1.85. The van der Waals surface area contributed by atoms with Crippen molar-refractivity contribution in [1.29, 1.82) is 5.26 Å². The normalized spacial score (nSPS) is 12.2. The van der Waals surface area contributed by atoms with Gasteiger partial charge in [0.2, 0.25) is 0 Å². The zero-order chi connectivity index (χ0) is 13.2. The number of thiophene rings is 2. The molecular weight excluding hydrogens is 294 g/mol. The molecule has 0 aliphatic rings. The first-order valence-electron chi connectivity index (χ1n) is 5.62. The van der Waals surface area contributed by atoms with Crippen LogP contribution >= 0.6 is 34.3 Å². The lowest BCUT2D eigenvalue weighted by Crippen LogP contribution is -1.79. The second-order valence-electron chi connectivity index (χ2n) is 3.93. The van der Waals surface area contributed by atoms with Crippen molar-refractivity contribution >= 4 is 55.0 Å². The molecule has 0 fully saturated rings. The molecule has 0 aliphatic carbocycles. The Hall–Kier alpha value is -1.60. The van der Waals surface area contributed by atoms with E-state index in [-0.39, 0.29) is 0 Å². The van der Waals surface area contributed by atoms with Crippen molar-refractivity contribution in [3.63, 3.8) is 0 Å². The Morgan fingerprint density at radius 2 is 1.95 bits per heavy atom. The third kappa shape index (κ3) is 2.31. The lowest BCUT2D eigenvalue weighted by atomic mass is 10.2. The minimum absolute atomic E-state index is 0.533. The molecule has 3 aromatic rings. The number of allylic oxidation sites excluding steroid dienone is 1. The summed E-state index contributed by atoms with van der Waals surface area (Å²) in [6, 6.07) is 16.2. The summed E-state index contributed by atoms with van der Waals surface area (Å²) < 4.78 is 1.18. The van der Waals surface area contributed by atoms with Crippen molar-refractivity contribution in [2.45, 2.75) is 0 Å². The molecule has 4 heteroatoms. The van der Waals surface area contributed by atoms with Gasteiger partial charge in [0, 0.05) is 14.5 Å². The van der Waals surface area contributed by atoms with Crippen LogP contribution in [0.4, 0.5) is 0 Å². The van der Waals surface area contributed by atoms with Crippen LogP contribution in [0.25, 0.3) is 20.7 Å². The molecule has 0 unspecified atom stereocenters. The topological polar surface area (TPSA) is 23.8 Å². The molecule has 0 atom stereocenters. The fraction of sp³-hybridized carbons (Fsp3) is 0. The van der Waals surface area contributed by atoms with Crippen molar-refractivity contribution in [2.75, 3.05) is 0 Å². The SMILES string of the molecule is N#CC(=C(Cl)c1cc2ccccc2s1)c1cccs1. The summed E-state index contributed by atoms with van der Waals surface area (Å²) in [5, 5.41) is 13.0. The van der Waals surface area contributed by atoms with Crippen molar-refractivity contribution < 1.29 is 0 Å². The van der Waals surface area contributed by atoms with Gasteiger partial charge in [-0.15, -0.1) is 22.7 Å². The van der Waals surface area contributed by atoms with Crippen LogP contribution in [0.2, 0.25) is 0 Å². The summed E-state index contributed by atoms with van der Waals surface area (Å²) in [6.45, 7) is 0. The van der Waals surface area contributed by atoms with Gasteiger partial charge in [0.15, 0.2) is 0 Å². The Labute approximate surface area is 124 Å². The lowest BCUT2D eigenvalue weighted by molar-refractivity contribution is 1.54. The summed E-state index contributed by atoms with van der Waals surface area (Å²) >= 11 is 9.54. The molecule has 0 N–H and O–H groups in total. The van der Waals surface area contributed by atoms with Gasteiger partial charge in [-0.1, -0.05) is 35.9 Å². The number of benzene rings is 1. The highest BCUT2D eigenvalue weighted by molar-refractivity contribution is 7.21. The maximum atomic E-state index is 9.32. The standard InChI is InChI=1S/C15H8ClNS2/c16-15(11(9-17)13-6-3-7-18-13)14-8-10-4-1-2-5-12(10)19-14/h1-8H. The van der Waals surface area contributed by atoms with Gasteiger partial charge < -0.3 is 0 Å². The molecule has 1 nitrogen and oxygen atoms in total. The van der Waals surface area contributed by atoms with Crippen molar-refractivity contribution in [1.82, 2.24) is 0 Å². The van der Waals surface area contributed by atoms with Crippen LogP contribution in [-0.2, 0) is 0 Å². The molecule has 0 amide bonds. The van der Waals surface area contributed by atoms with Gasteiger partial charge in [-0.25, -0.2) is 0 Å². The number of nitrogens with zero attached hydrogens (tertiary/aromatic N) is 1. The number of hydrogen-bond donors (Lipinski definition) is 0. The summed E-state index contributed by atoms with van der Waals surface area (Å²) in [6.07, 6.45) is 0.